The largest absolute Gasteiger partial charge is 0.313 e. The SMILES string of the molecule is CCc1nn(C)cc1C(CC1CC2CCC1C2)NC. The fourth-order valence-electron chi connectivity index (χ4n) is 4.49. The average Bonchev–Trinajstić information content (AvgIpc) is 3.10. The Morgan fingerprint density at radius 1 is 1.42 bits per heavy atom. The van der Waals surface area contributed by atoms with Crippen molar-refractivity contribution in [3.63, 3.8) is 0 Å². The summed E-state index contributed by atoms with van der Waals surface area (Å²) in [5.41, 5.74) is 2.69. The van der Waals surface area contributed by atoms with Crippen molar-refractivity contribution >= 4 is 0 Å². The molecule has 3 nitrogen and oxygen atoms in total. The van der Waals surface area contributed by atoms with Crippen LogP contribution in [0.1, 0.15) is 56.3 Å². The summed E-state index contributed by atoms with van der Waals surface area (Å²) in [6, 6.07) is 0.494. The van der Waals surface area contributed by atoms with Crippen LogP contribution in [0.25, 0.3) is 0 Å². The lowest BCUT2D eigenvalue weighted by Crippen LogP contribution is -2.23. The Morgan fingerprint density at radius 3 is 2.84 bits per heavy atom. The molecule has 2 fully saturated rings. The molecule has 4 unspecified atom stereocenters. The highest BCUT2D eigenvalue weighted by molar-refractivity contribution is 5.21. The first-order valence-corrected chi connectivity index (χ1v) is 7.91. The number of nitrogens with zero attached hydrogens (tertiary/aromatic N) is 2. The number of hydrogen-bond donors (Lipinski definition) is 1. The summed E-state index contributed by atoms with van der Waals surface area (Å²) in [7, 11) is 4.14. The number of nitrogens with one attached hydrogen (secondary N) is 1. The Hall–Kier alpha value is -0.830. The van der Waals surface area contributed by atoms with Crippen LogP contribution in [0.5, 0.6) is 0 Å². The molecule has 1 heterocycles. The minimum atomic E-state index is 0.494. The van der Waals surface area contributed by atoms with Gasteiger partial charge in [-0.25, -0.2) is 0 Å². The highest BCUT2D eigenvalue weighted by atomic mass is 15.3. The highest BCUT2D eigenvalue weighted by Crippen LogP contribution is 2.51. The molecule has 19 heavy (non-hydrogen) atoms. The molecule has 3 heteroatoms. The lowest BCUT2D eigenvalue weighted by molar-refractivity contribution is 0.283. The van der Waals surface area contributed by atoms with Crippen molar-refractivity contribution in [2.75, 3.05) is 7.05 Å². The van der Waals surface area contributed by atoms with E-state index in [1.807, 2.05) is 11.7 Å². The van der Waals surface area contributed by atoms with Gasteiger partial charge < -0.3 is 5.32 Å². The quantitative estimate of drug-likeness (QED) is 0.883. The Morgan fingerprint density at radius 2 is 2.26 bits per heavy atom. The van der Waals surface area contributed by atoms with E-state index in [4.69, 9.17) is 0 Å². The van der Waals surface area contributed by atoms with Crippen LogP contribution in [0.4, 0.5) is 0 Å². The molecule has 2 aliphatic rings. The van der Waals surface area contributed by atoms with Gasteiger partial charge in [0.15, 0.2) is 0 Å². The van der Waals surface area contributed by atoms with Crippen LogP contribution in [0.3, 0.4) is 0 Å². The van der Waals surface area contributed by atoms with Crippen molar-refractivity contribution in [1.82, 2.24) is 15.1 Å². The van der Waals surface area contributed by atoms with E-state index in [0.717, 1.165) is 24.2 Å². The molecule has 4 atom stereocenters. The first-order chi connectivity index (χ1) is 9.21. The van der Waals surface area contributed by atoms with Crippen LogP contribution < -0.4 is 5.32 Å². The van der Waals surface area contributed by atoms with Crippen molar-refractivity contribution in [1.29, 1.82) is 0 Å². The molecule has 0 aliphatic heterocycles. The van der Waals surface area contributed by atoms with Gasteiger partial charge in [0.05, 0.1) is 5.69 Å². The zero-order chi connectivity index (χ0) is 13.4. The van der Waals surface area contributed by atoms with E-state index < -0.39 is 0 Å². The van der Waals surface area contributed by atoms with E-state index in [1.165, 1.54) is 43.4 Å². The average molecular weight is 261 g/mol. The lowest BCUT2D eigenvalue weighted by Gasteiger charge is -2.26. The number of hydrogen-bond acceptors (Lipinski definition) is 2. The van der Waals surface area contributed by atoms with E-state index in [9.17, 15) is 0 Å². The van der Waals surface area contributed by atoms with Crippen LogP contribution in [0.15, 0.2) is 6.20 Å². The van der Waals surface area contributed by atoms with Gasteiger partial charge in [0, 0.05) is 24.8 Å². The topological polar surface area (TPSA) is 29.9 Å². The molecule has 1 N–H and O–H groups in total. The maximum atomic E-state index is 4.60. The second-order valence-corrected chi connectivity index (χ2v) is 6.57. The third-order valence-electron chi connectivity index (χ3n) is 5.42. The summed E-state index contributed by atoms with van der Waals surface area (Å²) in [6.45, 7) is 2.20. The summed E-state index contributed by atoms with van der Waals surface area (Å²) in [5, 5.41) is 8.14. The summed E-state index contributed by atoms with van der Waals surface area (Å²) in [6.07, 6.45) is 10.5. The van der Waals surface area contributed by atoms with Gasteiger partial charge in [0.1, 0.15) is 0 Å². The number of aromatic nitrogens is 2. The van der Waals surface area contributed by atoms with E-state index in [2.05, 4.69) is 30.6 Å². The smallest absolute Gasteiger partial charge is 0.0669 e. The minimum Gasteiger partial charge on any atom is -0.313 e. The Bertz CT molecular complexity index is 437. The monoisotopic (exact) mass is 261 g/mol. The van der Waals surface area contributed by atoms with Crippen LogP contribution in [-0.2, 0) is 13.5 Å². The van der Waals surface area contributed by atoms with Crippen LogP contribution in [-0.4, -0.2) is 16.8 Å². The molecule has 3 rings (SSSR count). The Balaban J connectivity index is 1.73. The molecular formula is C16H27N3. The predicted octanol–water partition coefficient (Wildman–Crippen LogP) is 3.07. The molecule has 0 spiro atoms. The zero-order valence-corrected chi connectivity index (χ0v) is 12.5. The number of aryl methyl sites for hydroxylation is 2. The normalized spacial score (nSPS) is 31.0. The second kappa shape index (κ2) is 5.28. The molecule has 2 bridgehead atoms. The molecule has 2 aliphatic carbocycles. The molecule has 1 aromatic rings. The minimum absolute atomic E-state index is 0.494. The Kier molecular flexibility index (Phi) is 3.66. The third kappa shape index (κ3) is 2.45. The van der Waals surface area contributed by atoms with Gasteiger partial charge in [0.2, 0.25) is 0 Å². The van der Waals surface area contributed by atoms with E-state index >= 15 is 0 Å². The molecular weight excluding hydrogens is 234 g/mol. The van der Waals surface area contributed by atoms with Gasteiger partial charge in [-0.2, -0.15) is 5.10 Å². The molecule has 0 amide bonds. The summed E-state index contributed by atoms with van der Waals surface area (Å²) >= 11 is 0. The Labute approximate surface area is 116 Å². The second-order valence-electron chi connectivity index (χ2n) is 6.57. The highest BCUT2D eigenvalue weighted by Gasteiger charge is 2.40. The van der Waals surface area contributed by atoms with Crippen LogP contribution >= 0.6 is 0 Å². The molecule has 0 saturated heterocycles. The lowest BCUT2D eigenvalue weighted by atomic mass is 9.82. The van der Waals surface area contributed by atoms with Crippen molar-refractivity contribution in [2.24, 2.45) is 24.8 Å². The van der Waals surface area contributed by atoms with Crippen molar-refractivity contribution in [2.45, 2.75) is 51.5 Å². The number of fused-ring (bicyclic) bond motifs is 2. The first kappa shape index (κ1) is 13.2. The molecule has 106 valence electrons. The van der Waals surface area contributed by atoms with E-state index in [1.54, 1.807) is 0 Å². The van der Waals surface area contributed by atoms with Gasteiger partial charge >= 0.3 is 0 Å². The van der Waals surface area contributed by atoms with Crippen LogP contribution in [0.2, 0.25) is 0 Å². The van der Waals surface area contributed by atoms with Gasteiger partial charge in [-0.15, -0.1) is 0 Å². The third-order valence-corrected chi connectivity index (χ3v) is 5.42. The van der Waals surface area contributed by atoms with E-state index in [0.29, 0.717) is 6.04 Å². The van der Waals surface area contributed by atoms with Crippen molar-refractivity contribution in [3.8, 4) is 0 Å². The standard InChI is InChI=1S/C16H27N3/c1-4-15-14(10-19(3)18-15)16(17-2)9-13-8-11-5-6-12(13)7-11/h10-13,16-17H,4-9H2,1-3H3. The molecule has 0 aromatic carbocycles. The maximum Gasteiger partial charge on any atom is 0.0669 e. The van der Waals surface area contributed by atoms with Gasteiger partial charge in [-0.1, -0.05) is 13.3 Å². The zero-order valence-electron chi connectivity index (χ0n) is 12.5. The van der Waals surface area contributed by atoms with E-state index in [-0.39, 0.29) is 0 Å². The fraction of sp³-hybridized carbons (Fsp3) is 0.812. The van der Waals surface area contributed by atoms with Gasteiger partial charge in [-0.3, -0.25) is 4.68 Å². The van der Waals surface area contributed by atoms with Gasteiger partial charge in [0.25, 0.3) is 0 Å². The number of rotatable bonds is 5. The molecule has 1 aromatic heterocycles. The maximum absolute atomic E-state index is 4.60. The summed E-state index contributed by atoms with van der Waals surface area (Å²) in [5.74, 6) is 3.01. The summed E-state index contributed by atoms with van der Waals surface area (Å²) in [4.78, 5) is 0. The fourth-order valence-corrected chi connectivity index (χ4v) is 4.49. The predicted molar refractivity (Wildman–Crippen MR) is 77.9 cm³/mol. The first-order valence-electron chi connectivity index (χ1n) is 7.91. The summed E-state index contributed by atoms with van der Waals surface area (Å²) < 4.78 is 1.97. The van der Waals surface area contributed by atoms with Crippen molar-refractivity contribution in [3.05, 3.63) is 17.5 Å². The molecule has 2 saturated carbocycles. The molecule has 0 radical (unpaired) electrons. The van der Waals surface area contributed by atoms with Crippen molar-refractivity contribution < 1.29 is 0 Å². The van der Waals surface area contributed by atoms with Crippen LogP contribution in [0, 0.1) is 17.8 Å². The van der Waals surface area contributed by atoms with Gasteiger partial charge in [-0.05, 0) is 56.9 Å².